The van der Waals surface area contributed by atoms with Gasteiger partial charge in [-0.2, -0.15) is 0 Å². The van der Waals surface area contributed by atoms with E-state index in [0.29, 0.717) is 5.92 Å². The second-order valence-corrected chi connectivity index (χ2v) is 3.97. The van der Waals surface area contributed by atoms with Crippen LogP contribution >= 0.6 is 0 Å². The summed E-state index contributed by atoms with van der Waals surface area (Å²) in [4.78, 5) is 0. The lowest BCUT2D eigenvalue weighted by atomic mass is 9.94. The molecule has 0 aromatic rings. The van der Waals surface area contributed by atoms with E-state index >= 15 is 0 Å². The van der Waals surface area contributed by atoms with E-state index in [-0.39, 0.29) is 12.1 Å². The van der Waals surface area contributed by atoms with Gasteiger partial charge in [0.05, 0.1) is 6.10 Å². The molecular formula is C11H20N2O. The highest BCUT2D eigenvalue weighted by Gasteiger charge is 2.30. The lowest BCUT2D eigenvalue weighted by Crippen LogP contribution is -2.45. The van der Waals surface area contributed by atoms with Crippen LogP contribution in [0.2, 0.25) is 0 Å². The summed E-state index contributed by atoms with van der Waals surface area (Å²) in [5.41, 5.74) is 2.84. The highest BCUT2D eigenvalue weighted by Crippen LogP contribution is 2.24. The van der Waals surface area contributed by atoms with Crippen molar-refractivity contribution in [3.8, 4) is 12.3 Å². The van der Waals surface area contributed by atoms with Crippen LogP contribution in [0.15, 0.2) is 0 Å². The van der Waals surface area contributed by atoms with Gasteiger partial charge in [-0.05, 0) is 25.2 Å². The second kappa shape index (κ2) is 6.02. The fourth-order valence-corrected chi connectivity index (χ4v) is 2.00. The summed E-state index contributed by atoms with van der Waals surface area (Å²) in [6.45, 7) is 3.07. The molecule has 3 N–H and O–H groups in total. The first-order chi connectivity index (χ1) is 6.79. The van der Waals surface area contributed by atoms with Gasteiger partial charge in [-0.3, -0.25) is 11.3 Å². The Morgan fingerprint density at radius 1 is 1.71 bits per heavy atom. The van der Waals surface area contributed by atoms with Gasteiger partial charge in [0.1, 0.15) is 0 Å². The third kappa shape index (κ3) is 2.98. The van der Waals surface area contributed by atoms with Crippen molar-refractivity contribution in [2.75, 3.05) is 6.61 Å². The minimum atomic E-state index is 0.251. The summed E-state index contributed by atoms with van der Waals surface area (Å²) < 4.78 is 5.65. The maximum absolute atomic E-state index is 5.65. The van der Waals surface area contributed by atoms with E-state index in [9.17, 15) is 0 Å². The first kappa shape index (κ1) is 11.5. The monoisotopic (exact) mass is 196 g/mol. The number of rotatable bonds is 5. The Morgan fingerprint density at radius 2 is 2.50 bits per heavy atom. The molecule has 1 fully saturated rings. The molecule has 0 aromatic carbocycles. The zero-order valence-electron chi connectivity index (χ0n) is 8.83. The number of terminal acetylenes is 1. The Kier molecular flexibility index (Phi) is 4.95. The van der Waals surface area contributed by atoms with E-state index in [0.717, 1.165) is 32.3 Å². The first-order valence-electron chi connectivity index (χ1n) is 5.30. The van der Waals surface area contributed by atoms with Crippen LogP contribution in [0.3, 0.4) is 0 Å². The Labute approximate surface area is 86.4 Å². The van der Waals surface area contributed by atoms with Crippen LogP contribution in [-0.2, 0) is 4.74 Å². The molecule has 1 heterocycles. The van der Waals surface area contributed by atoms with Crippen LogP contribution < -0.4 is 11.3 Å². The first-order valence-corrected chi connectivity index (χ1v) is 5.30. The predicted molar refractivity (Wildman–Crippen MR) is 57.3 cm³/mol. The fraction of sp³-hybridized carbons (Fsp3) is 0.818. The molecule has 80 valence electrons. The number of hydrazine groups is 1. The normalized spacial score (nSPS) is 28.6. The number of ether oxygens (including phenoxy) is 1. The molecule has 0 spiro atoms. The average molecular weight is 196 g/mol. The average Bonchev–Trinajstić information content (AvgIpc) is 2.60. The van der Waals surface area contributed by atoms with E-state index in [1.807, 2.05) is 0 Å². The van der Waals surface area contributed by atoms with E-state index in [4.69, 9.17) is 17.0 Å². The Morgan fingerprint density at radius 3 is 3.00 bits per heavy atom. The number of nitrogens with one attached hydrogen (secondary N) is 1. The topological polar surface area (TPSA) is 47.3 Å². The number of hydrogen-bond acceptors (Lipinski definition) is 3. The molecule has 3 heteroatoms. The van der Waals surface area contributed by atoms with Crippen molar-refractivity contribution < 1.29 is 4.74 Å². The smallest absolute Gasteiger partial charge is 0.0767 e. The molecule has 0 aliphatic carbocycles. The van der Waals surface area contributed by atoms with E-state index < -0.39 is 0 Å². The van der Waals surface area contributed by atoms with Gasteiger partial charge < -0.3 is 4.74 Å². The Balaban J connectivity index is 2.33. The van der Waals surface area contributed by atoms with Crippen molar-refractivity contribution >= 4 is 0 Å². The van der Waals surface area contributed by atoms with Crippen LogP contribution in [0, 0.1) is 18.3 Å². The van der Waals surface area contributed by atoms with Crippen LogP contribution in [0.25, 0.3) is 0 Å². The van der Waals surface area contributed by atoms with Crippen molar-refractivity contribution in [1.29, 1.82) is 0 Å². The molecule has 0 aromatic heterocycles. The highest BCUT2D eigenvalue weighted by molar-refractivity contribution is 4.87. The maximum Gasteiger partial charge on any atom is 0.0767 e. The molecule has 0 bridgehead atoms. The summed E-state index contributed by atoms with van der Waals surface area (Å²) in [5.74, 6) is 8.75. The lowest BCUT2D eigenvalue weighted by Gasteiger charge is -2.25. The highest BCUT2D eigenvalue weighted by atomic mass is 16.5. The maximum atomic E-state index is 5.65. The van der Waals surface area contributed by atoms with Gasteiger partial charge in [0, 0.05) is 19.1 Å². The van der Waals surface area contributed by atoms with Gasteiger partial charge in [0.25, 0.3) is 0 Å². The standard InChI is InChI=1S/C11H20N2O/c1-3-4-5-6-10(13-12)11-9(2)7-8-14-11/h1,9-11,13H,4-8,12H2,2H3. The van der Waals surface area contributed by atoms with Gasteiger partial charge in [0.15, 0.2) is 0 Å². The molecule has 0 radical (unpaired) electrons. The van der Waals surface area contributed by atoms with Gasteiger partial charge >= 0.3 is 0 Å². The molecule has 1 aliphatic heterocycles. The van der Waals surface area contributed by atoms with Crippen LogP contribution in [0.5, 0.6) is 0 Å². The lowest BCUT2D eigenvalue weighted by molar-refractivity contribution is 0.0577. The Hall–Kier alpha value is -0.560. The minimum Gasteiger partial charge on any atom is -0.376 e. The second-order valence-electron chi connectivity index (χ2n) is 3.97. The summed E-state index contributed by atoms with van der Waals surface area (Å²) in [7, 11) is 0. The summed E-state index contributed by atoms with van der Waals surface area (Å²) in [6.07, 6.45) is 9.43. The summed E-state index contributed by atoms with van der Waals surface area (Å²) in [5, 5.41) is 0. The van der Waals surface area contributed by atoms with Crippen molar-refractivity contribution in [3.05, 3.63) is 0 Å². The zero-order chi connectivity index (χ0) is 10.4. The largest absolute Gasteiger partial charge is 0.376 e. The number of unbranched alkanes of at least 4 members (excludes halogenated alkanes) is 1. The third-order valence-electron chi connectivity index (χ3n) is 2.89. The number of hydrogen-bond donors (Lipinski definition) is 2. The van der Waals surface area contributed by atoms with Gasteiger partial charge in [0.2, 0.25) is 0 Å². The fourth-order valence-electron chi connectivity index (χ4n) is 2.00. The van der Waals surface area contributed by atoms with Gasteiger partial charge in [-0.1, -0.05) is 6.92 Å². The quantitative estimate of drug-likeness (QED) is 0.299. The minimum absolute atomic E-state index is 0.251. The zero-order valence-corrected chi connectivity index (χ0v) is 8.83. The van der Waals surface area contributed by atoms with E-state index in [2.05, 4.69) is 18.3 Å². The third-order valence-corrected chi connectivity index (χ3v) is 2.89. The predicted octanol–water partition coefficient (Wildman–Crippen LogP) is 1.05. The molecule has 0 amide bonds. The molecule has 0 saturated carbocycles. The molecule has 14 heavy (non-hydrogen) atoms. The molecule has 1 aliphatic rings. The van der Waals surface area contributed by atoms with Crippen LogP contribution in [-0.4, -0.2) is 18.8 Å². The van der Waals surface area contributed by atoms with Gasteiger partial charge in [-0.15, -0.1) is 12.3 Å². The van der Waals surface area contributed by atoms with Crippen LogP contribution in [0.1, 0.15) is 32.6 Å². The van der Waals surface area contributed by atoms with E-state index in [1.165, 1.54) is 0 Å². The van der Waals surface area contributed by atoms with Crippen molar-refractivity contribution in [2.24, 2.45) is 11.8 Å². The molecule has 3 unspecified atom stereocenters. The van der Waals surface area contributed by atoms with Crippen molar-refractivity contribution in [1.82, 2.24) is 5.43 Å². The van der Waals surface area contributed by atoms with Crippen LogP contribution in [0.4, 0.5) is 0 Å². The molecule has 1 saturated heterocycles. The SMILES string of the molecule is C#CCCCC(NN)C1OCCC1C. The van der Waals surface area contributed by atoms with E-state index in [1.54, 1.807) is 0 Å². The van der Waals surface area contributed by atoms with Gasteiger partial charge in [-0.25, -0.2) is 0 Å². The number of nitrogens with two attached hydrogens (primary N) is 1. The van der Waals surface area contributed by atoms with Crippen molar-refractivity contribution in [2.45, 2.75) is 44.8 Å². The van der Waals surface area contributed by atoms with Crippen molar-refractivity contribution in [3.63, 3.8) is 0 Å². The molecule has 3 atom stereocenters. The Bertz CT molecular complexity index is 200. The molecule has 1 rings (SSSR count). The summed E-state index contributed by atoms with van der Waals surface area (Å²) >= 11 is 0. The molecule has 3 nitrogen and oxygen atoms in total. The molecular weight excluding hydrogens is 176 g/mol. The summed E-state index contributed by atoms with van der Waals surface area (Å²) in [6, 6.07) is 0.251.